The first-order valence-electron chi connectivity index (χ1n) is 5.37. The summed E-state index contributed by atoms with van der Waals surface area (Å²) in [4.78, 5) is 0. The van der Waals surface area contributed by atoms with Crippen molar-refractivity contribution in [3.05, 3.63) is 0 Å². The van der Waals surface area contributed by atoms with E-state index in [2.05, 4.69) is 12.1 Å². The molecule has 3 rings (SSSR count). The van der Waals surface area contributed by atoms with Crippen LogP contribution in [0.1, 0.15) is 6.42 Å². The zero-order valence-corrected chi connectivity index (χ0v) is 8.30. The van der Waals surface area contributed by atoms with Crippen LogP contribution in [0.3, 0.4) is 0 Å². The topological polar surface area (TPSA) is 66.0 Å². The molecule has 3 aliphatic rings. The zero-order chi connectivity index (χ0) is 10.4. The monoisotopic (exact) mass is 204 g/mol. The van der Waals surface area contributed by atoms with Crippen LogP contribution in [-0.4, -0.2) is 25.4 Å². The van der Waals surface area contributed by atoms with E-state index in [-0.39, 0.29) is 12.2 Å². The summed E-state index contributed by atoms with van der Waals surface area (Å²) in [6.45, 7) is 1.34. The Hall–Kier alpha value is -1.10. The van der Waals surface area contributed by atoms with Crippen LogP contribution in [-0.2, 0) is 9.47 Å². The third-order valence-corrected chi connectivity index (χ3v) is 4.16. The van der Waals surface area contributed by atoms with Crippen LogP contribution >= 0.6 is 0 Å². The van der Waals surface area contributed by atoms with Gasteiger partial charge in [-0.3, -0.25) is 0 Å². The van der Waals surface area contributed by atoms with Crippen molar-refractivity contribution in [3.63, 3.8) is 0 Å². The van der Waals surface area contributed by atoms with Crippen molar-refractivity contribution >= 4 is 0 Å². The van der Waals surface area contributed by atoms with Gasteiger partial charge in [0.1, 0.15) is 12.2 Å². The summed E-state index contributed by atoms with van der Waals surface area (Å²) >= 11 is 0. The van der Waals surface area contributed by atoms with E-state index in [1.54, 1.807) is 0 Å². The summed E-state index contributed by atoms with van der Waals surface area (Å²) in [5.74, 6) is 1.56. The Kier molecular flexibility index (Phi) is 1.95. The van der Waals surface area contributed by atoms with Crippen LogP contribution in [0.4, 0.5) is 0 Å². The van der Waals surface area contributed by atoms with Crippen LogP contribution in [0.25, 0.3) is 0 Å². The third kappa shape index (κ3) is 1.13. The second-order valence-corrected chi connectivity index (χ2v) is 4.66. The number of hydrogen-bond acceptors (Lipinski definition) is 4. The maximum absolute atomic E-state index is 8.93. The molecular weight excluding hydrogens is 192 g/mol. The molecule has 0 bridgehead atoms. The second-order valence-electron chi connectivity index (χ2n) is 4.66. The number of rotatable bonds is 0. The van der Waals surface area contributed by atoms with Crippen LogP contribution < -0.4 is 0 Å². The van der Waals surface area contributed by atoms with Crippen molar-refractivity contribution in [1.82, 2.24) is 0 Å². The standard InChI is InChI=1S/C11H12N2O2/c12-2-10-6-1-7-9(8(6)4-14-10)5-15-11(7)3-13/h6-11H,1,4-5H2/t6-,7+,8-,9+,10+,11-. The molecule has 0 amide bonds. The van der Waals surface area contributed by atoms with Gasteiger partial charge in [0.15, 0.2) is 0 Å². The summed E-state index contributed by atoms with van der Waals surface area (Å²) < 4.78 is 10.9. The van der Waals surface area contributed by atoms with Gasteiger partial charge < -0.3 is 9.47 Å². The lowest BCUT2D eigenvalue weighted by Crippen LogP contribution is -2.18. The Labute approximate surface area is 88.4 Å². The van der Waals surface area contributed by atoms with E-state index in [4.69, 9.17) is 20.0 Å². The van der Waals surface area contributed by atoms with Gasteiger partial charge >= 0.3 is 0 Å². The Morgan fingerprint density at radius 1 is 0.800 bits per heavy atom. The third-order valence-electron chi connectivity index (χ3n) is 4.16. The van der Waals surface area contributed by atoms with Gasteiger partial charge in [-0.2, -0.15) is 10.5 Å². The first-order valence-corrected chi connectivity index (χ1v) is 5.37. The normalized spacial score (nSPS) is 51.9. The van der Waals surface area contributed by atoms with Crippen LogP contribution in [0.15, 0.2) is 0 Å². The Balaban J connectivity index is 1.83. The molecule has 0 radical (unpaired) electrons. The highest BCUT2D eigenvalue weighted by atomic mass is 16.5. The molecule has 0 N–H and O–H groups in total. The fourth-order valence-electron chi connectivity index (χ4n) is 3.43. The van der Waals surface area contributed by atoms with Crippen molar-refractivity contribution in [3.8, 4) is 12.1 Å². The molecule has 1 aliphatic carbocycles. The van der Waals surface area contributed by atoms with Gasteiger partial charge in [0.2, 0.25) is 0 Å². The molecule has 78 valence electrons. The lowest BCUT2D eigenvalue weighted by molar-refractivity contribution is 0.109. The molecule has 2 heterocycles. The minimum atomic E-state index is -0.250. The quantitative estimate of drug-likeness (QED) is 0.582. The summed E-state index contributed by atoms with van der Waals surface area (Å²) in [5.41, 5.74) is 0. The number of nitrogens with zero attached hydrogens (tertiary/aromatic N) is 2. The van der Waals surface area contributed by atoms with Crippen molar-refractivity contribution in [2.24, 2.45) is 23.7 Å². The molecule has 4 heteroatoms. The van der Waals surface area contributed by atoms with Crippen LogP contribution in [0, 0.1) is 46.3 Å². The SMILES string of the molecule is N#C[C@@H]1OC[C@H]2[C@H]3CO[C@H](C#N)[C@H]3C[C@H]21. The summed E-state index contributed by atoms with van der Waals surface area (Å²) in [5, 5.41) is 17.9. The molecule has 2 aliphatic heterocycles. The molecule has 3 fully saturated rings. The molecule has 1 saturated carbocycles. The molecule has 0 spiro atoms. The Bertz CT molecular complexity index is 323. The highest BCUT2D eigenvalue weighted by Gasteiger charge is 2.55. The number of nitriles is 2. The molecule has 0 aromatic heterocycles. The zero-order valence-electron chi connectivity index (χ0n) is 8.30. The first-order chi connectivity index (χ1) is 7.35. The fraction of sp³-hybridized carbons (Fsp3) is 0.818. The maximum atomic E-state index is 8.93. The molecule has 0 aromatic carbocycles. The first kappa shape index (κ1) is 9.15. The molecule has 0 unspecified atom stereocenters. The minimum absolute atomic E-state index is 0.250. The second kappa shape index (κ2) is 3.20. The summed E-state index contributed by atoms with van der Waals surface area (Å²) in [6.07, 6.45) is 0.422. The summed E-state index contributed by atoms with van der Waals surface area (Å²) in [7, 11) is 0. The predicted octanol–water partition coefficient (Wildman–Crippen LogP) is 0.700. The predicted molar refractivity (Wildman–Crippen MR) is 49.3 cm³/mol. The molecule has 2 saturated heterocycles. The van der Waals surface area contributed by atoms with Gasteiger partial charge in [-0.05, 0) is 18.3 Å². The van der Waals surface area contributed by atoms with E-state index in [0.717, 1.165) is 6.42 Å². The largest absolute Gasteiger partial charge is 0.363 e. The molecule has 15 heavy (non-hydrogen) atoms. The van der Waals surface area contributed by atoms with Gasteiger partial charge in [0.25, 0.3) is 0 Å². The highest BCUT2D eigenvalue weighted by molar-refractivity contribution is 5.10. The molecular formula is C11H12N2O2. The Morgan fingerprint density at radius 2 is 1.27 bits per heavy atom. The van der Waals surface area contributed by atoms with E-state index in [9.17, 15) is 0 Å². The molecule has 6 atom stereocenters. The van der Waals surface area contributed by atoms with Gasteiger partial charge in [-0.15, -0.1) is 0 Å². The maximum Gasteiger partial charge on any atom is 0.147 e. The van der Waals surface area contributed by atoms with E-state index in [0.29, 0.717) is 36.9 Å². The smallest absolute Gasteiger partial charge is 0.147 e. The Morgan fingerprint density at radius 3 is 1.67 bits per heavy atom. The van der Waals surface area contributed by atoms with E-state index in [1.165, 1.54) is 0 Å². The van der Waals surface area contributed by atoms with Gasteiger partial charge in [-0.25, -0.2) is 0 Å². The molecule has 0 aromatic rings. The number of hydrogen-bond donors (Lipinski definition) is 0. The number of fused-ring (bicyclic) bond motifs is 3. The fourth-order valence-corrected chi connectivity index (χ4v) is 3.43. The van der Waals surface area contributed by atoms with Gasteiger partial charge in [-0.1, -0.05) is 0 Å². The lowest BCUT2D eigenvalue weighted by Gasteiger charge is -2.12. The van der Waals surface area contributed by atoms with Gasteiger partial charge in [0.05, 0.1) is 25.4 Å². The lowest BCUT2D eigenvalue weighted by atomic mass is 9.88. The van der Waals surface area contributed by atoms with Crippen LogP contribution in [0.5, 0.6) is 0 Å². The van der Waals surface area contributed by atoms with E-state index < -0.39 is 0 Å². The average Bonchev–Trinajstić information content (AvgIpc) is 2.86. The van der Waals surface area contributed by atoms with Crippen molar-refractivity contribution < 1.29 is 9.47 Å². The minimum Gasteiger partial charge on any atom is -0.363 e. The van der Waals surface area contributed by atoms with Gasteiger partial charge in [0, 0.05) is 11.8 Å². The van der Waals surface area contributed by atoms with E-state index in [1.807, 2.05) is 0 Å². The van der Waals surface area contributed by atoms with Crippen LogP contribution in [0.2, 0.25) is 0 Å². The van der Waals surface area contributed by atoms with Crippen molar-refractivity contribution in [1.29, 1.82) is 10.5 Å². The molecule has 4 nitrogen and oxygen atoms in total. The van der Waals surface area contributed by atoms with Crippen molar-refractivity contribution in [2.75, 3.05) is 13.2 Å². The van der Waals surface area contributed by atoms with E-state index >= 15 is 0 Å². The van der Waals surface area contributed by atoms with Crippen molar-refractivity contribution in [2.45, 2.75) is 18.6 Å². The highest BCUT2D eigenvalue weighted by Crippen LogP contribution is 2.52. The summed E-state index contributed by atoms with van der Waals surface area (Å²) in [6, 6.07) is 4.42. The average molecular weight is 204 g/mol. The number of ether oxygens (including phenoxy) is 2.